The second kappa shape index (κ2) is 10.2. The third kappa shape index (κ3) is 5.58. The lowest BCUT2D eigenvalue weighted by Gasteiger charge is -2.17. The molecule has 3 rings (SSSR count). The zero-order valence-electron chi connectivity index (χ0n) is 17.8. The molecule has 30 heavy (non-hydrogen) atoms. The number of nitrogens with one attached hydrogen (secondary N) is 1. The highest BCUT2D eigenvalue weighted by Crippen LogP contribution is 2.34. The molecule has 3 nitrogen and oxygen atoms in total. The maximum absolute atomic E-state index is 6.15. The van der Waals surface area contributed by atoms with Crippen molar-refractivity contribution in [3.63, 3.8) is 0 Å². The minimum Gasteiger partial charge on any atom is -0.493 e. The van der Waals surface area contributed by atoms with E-state index in [0.717, 1.165) is 28.1 Å². The molecule has 0 aliphatic heterocycles. The zero-order valence-corrected chi connectivity index (χ0v) is 18.6. The molecule has 1 N–H and O–H groups in total. The van der Waals surface area contributed by atoms with Gasteiger partial charge in [-0.1, -0.05) is 35.9 Å². The number of hydrogen-bond acceptors (Lipinski definition) is 3. The number of ether oxygens (including phenoxy) is 2. The van der Waals surface area contributed by atoms with Crippen LogP contribution in [0.5, 0.6) is 11.5 Å². The van der Waals surface area contributed by atoms with Crippen LogP contribution in [0.25, 0.3) is 0 Å². The van der Waals surface area contributed by atoms with Crippen LogP contribution < -0.4 is 14.8 Å². The normalized spacial score (nSPS) is 10.5. The fourth-order valence-electron chi connectivity index (χ4n) is 3.29. The predicted octanol–water partition coefficient (Wildman–Crippen LogP) is 6.89. The SMILES string of the molecule is C=CCc1cc(CNc2ccc(C)c(C)c2)cc(OC)c1OCc1cccc(Cl)c1. The second-order valence-corrected chi connectivity index (χ2v) is 7.79. The van der Waals surface area contributed by atoms with Crippen LogP contribution >= 0.6 is 11.6 Å². The van der Waals surface area contributed by atoms with E-state index in [9.17, 15) is 0 Å². The highest BCUT2D eigenvalue weighted by Gasteiger charge is 2.13. The van der Waals surface area contributed by atoms with Crippen molar-refractivity contribution in [2.24, 2.45) is 0 Å². The monoisotopic (exact) mass is 421 g/mol. The van der Waals surface area contributed by atoms with Crippen molar-refractivity contribution < 1.29 is 9.47 Å². The van der Waals surface area contributed by atoms with Crippen molar-refractivity contribution in [2.75, 3.05) is 12.4 Å². The molecule has 0 amide bonds. The Morgan fingerprint density at radius 3 is 2.53 bits per heavy atom. The number of allylic oxidation sites excluding steroid dienone is 1. The van der Waals surface area contributed by atoms with Crippen molar-refractivity contribution in [1.82, 2.24) is 0 Å². The Hall–Kier alpha value is -2.91. The lowest BCUT2D eigenvalue weighted by atomic mass is 10.0. The number of hydrogen-bond donors (Lipinski definition) is 1. The van der Waals surface area contributed by atoms with Gasteiger partial charge in [0.05, 0.1) is 7.11 Å². The first-order valence-corrected chi connectivity index (χ1v) is 10.4. The van der Waals surface area contributed by atoms with E-state index in [1.807, 2.05) is 36.4 Å². The number of benzene rings is 3. The standard InChI is InChI=1S/C26H28ClNO2/c1-5-7-22-13-21(16-28-24-11-10-18(2)19(3)12-24)15-25(29-4)26(22)30-17-20-8-6-9-23(27)14-20/h5-6,8-15,28H,1,7,16-17H2,2-4H3. The molecule has 4 heteroatoms. The summed E-state index contributed by atoms with van der Waals surface area (Å²) in [6.07, 6.45) is 2.57. The molecule has 0 aliphatic carbocycles. The summed E-state index contributed by atoms with van der Waals surface area (Å²) in [7, 11) is 1.67. The smallest absolute Gasteiger partial charge is 0.165 e. The van der Waals surface area contributed by atoms with Crippen molar-refractivity contribution in [3.05, 3.63) is 100 Å². The zero-order chi connectivity index (χ0) is 21.5. The van der Waals surface area contributed by atoms with Crippen LogP contribution in [-0.2, 0) is 19.6 Å². The number of anilines is 1. The van der Waals surface area contributed by atoms with Gasteiger partial charge in [-0.15, -0.1) is 6.58 Å². The molecule has 0 spiro atoms. The van der Waals surface area contributed by atoms with E-state index in [2.05, 4.69) is 50.0 Å². The molecular weight excluding hydrogens is 394 g/mol. The van der Waals surface area contributed by atoms with Gasteiger partial charge in [0, 0.05) is 22.8 Å². The Morgan fingerprint density at radius 1 is 1.00 bits per heavy atom. The Kier molecular flexibility index (Phi) is 7.42. The molecule has 0 atom stereocenters. The van der Waals surface area contributed by atoms with Crippen molar-refractivity contribution in [3.8, 4) is 11.5 Å². The molecule has 0 heterocycles. The van der Waals surface area contributed by atoms with Crippen LogP contribution in [0.3, 0.4) is 0 Å². The van der Waals surface area contributed by atoms with Crippen LogP contribution in [0.2, 0.25) is 5.02 Å². The van der Waals surface area contributed by atoms with Crippen LogP contribution in [-0.4, -0.2) is 7.11 Å². The number of halogens is 1. The average Bonchev–Trinajstić information content (AvgIpc) is 2.73. The number of rotatable bonds is 9. The van der Waals surface area contributed by atoms with E-state index in [-0.39, 0.29) is 0 Å². The molecular formula is C26H28ClNO2. The van der Waals surface area contributed by atoms with Crippen LogP contribution in [0.15, 0.2) is 67.3 Å². The molecule has 0 unspecified atom stereocenters. The van der Waals surface area contributed by atoms with Crippen molar-refractivity contribution in [2.45, 2.75) is 33.4 Å². The van der Waals surface area contributed by atoms with E-state index in [4.69, 9.17) is 21.1 Å². The first-order valence-electron chi connectivity index (χ1n) is 9.99. The van der Waals surface area contributed by atoms with E-state index < -0.39 is 0 Å². The summed E-state index contributed by atoms with van der Waals surface area (Å²) in [5.41, 5.74) is 6.84. The summed E-state index contributed by atoms with van der Waals surface area (Å²) in [5.74, 6) is 1.46. The van der Waals surface area contributed by atoms with Crippen LogP contribution in [0.4, 0.5) is 5.69 Å². The Morgan fingerprint density at radius 2 is 1.83 bits per heavy atom. The summed E-state index contributed by atoms with van der Waals surface area (Å²) in [6, 6.07) is 18.2. The number of aryl methyl sites for hydroxylation is 2. The maximum Gasteiger partial charge on any atom is 0.165 e. The highest BCUT2D eigenvalue weighted by atomic mass is 35.5. The number of methoxy groups -OCH3 is 1. The van der Waals surface area contributed by atoms with Gasteiger partial charge in [-0.3, -0.25) is 0 Å². The Labute approximate surface area is 184 Å². The summed E-state index contributed by atoms with van der Waals surface area (Å²) in [6.45, 7) is 9.25. The minimum absolute atomic E-state index is 0.418. The summed E-state index contributed by atoms with van der Waals surface area (Å²) < 4.78 is 11.8. The first-order chi connectivity index (χ1) is 14.5. The summed E-state index contributed by atoms with van der Waals surface area (Å²) >= 11 is 6.09. The third-order valence-corrected chi connectivity index (χ3v) is 5.29. The molecule has 156 valence electrons. The average molecular weight is 422 g/mol. The molecule has 0 aliphatic rings. The van der Waals surface area contributed by atoms with Gasteiger partial charge in [0.2, 0.25) is 0 Å². The lowest BCUT2D eigenvalue weighted by molar-refractivity contribution is 0.281. The fourth-order valence-corrected chi connectivity index (χ4v) is 3.50. The van der Waals surface area contributed by atoms with Gasteiger partial charge in [0.25, 0.3) is 0 Å². The molecule has 3 aromatic rings. The van der Waals surface area contributed by atoms with Gasteiger partial charge in [0.1, 0.15) is 6.61 Å². The minimum atomic E-state index is 0.418. The van der Waals surface area contributed by atoms with Gasteiger partial charge in [0.15, 0.2) is 11.5 Å². The van der Waals surface area contributed by atoms with Crippen molar-refractivity contribution in [1.29, 1.82) is 0 Å². The Bertz CT molecular complexity index is 1030. The van der Waals surface area contributed by atoms with Gasteiger partial charge < -0.3 is 14.8 Å². The molecule has 0 saturated heterocycles. The molecule has 0 radical (unpaired) electrons. The first kappa shape index (κ1) is 21.8. The largest absolute Gasteiger partial charge is 0.493 e. The predicted molar refractivity (Wildman–Crippen MR) is 126 cm³/mol. The fraction of sp³-hybridized carbons (Fsp3) is 0.231. The van der Waals surface area contributed by atoms with Gasteiger partial charge in [-0.05, 0) is 78.9 Å². The van der Waals surface area contributed by atoms with E-state index >= 15 is 0 Å². The van der Waals surface area contributed by atoms with E-state index in [1.165, 1.54) is 11.1 Å². The Balaban J connectivity index is 1.81. The van der Waals surface area contributed by atoms with Crippen LogP contribution in [0, 0.1) is 13.8 Å². The van der Waals surface area contributed by atoms with Crippen molar-refractivity contribution >= 4 is 17.3 Å². The third-order valence-electron chi connectivity index (χ3n) is 5.05. The summed E-state index contributed by atoms with van der Waals surface area (Å²) in [5, 5.41) is 4.19. The van der Waals surface area contributed by atoms with Gasteiger partial charge in [-0.25, -0.2) is 0 Å². The molecule has 0 saturated carbocycles. The van der Waals surface area contributed by atoms with Gasteiger partial charge >= 0.3 is 0 Å². The second-order valence-electron chi connectivity index (χ2n) is 7.35. The molecule has 0 aromatic heterocycles. The van der Waals surface area contributed by atoms with E-state index in [0.29, 0.717) is 30.3 Å². The molecule has 3 aromatic carbocycles. The topological polar surface area (TPSA) is 30.5 Å². The summed E-state index contributed by atoms with van der Waals surface area (Å²) in [4.78, 5) is 0. The lowest BCUT2D eigenvalue weighted by Crippen LogP contribution is -2.05. The van der Waals surface area contributed by atoms with E-state index in [1.54, 1.807) is 7.11 Å². The quantitative estimate of drug-likeness (QED) is 0.382. The highest BCUT2D eigenvalue weighted by molar-refractivity contribution is 6.30. The molecule has 0 bridgehead atoms. The molecule has 0 fully saturated rings. The maximum atomic E-state index is 6.15. The van der Waals surface area contributed by atoms with Gasteiger partial charge in [-0.2, -0.15) is 0 Å². The van der Waals surface area contributed by atoms with Crippen LogP contribution in [0.1, 0.15) is 27.8 Å².